The molecule has 2 aromatic rings. The number of nitrogens with zero attached hydrogens (tertiary/aromatic N) is 2. The van der Waals surface area contributed by atoms with Crippen molar-refractivity contribution in [3.8, 4) is 11.5 Å². The van der Waals surface area contributed by atoms with Crippen LogP contribution in [-0.2, 0) is 9.53 Å². The maximum Gasteiger partial charge on any atom is 0.228 e. The molecule has 150 valence electrons. The van der Waals surface area contributed by atoms with Gasteiger partial charge >= 0.3 is 0 Å². The van der Waals surface area contributed by atoms with Crippen LogP contribution in [0.1, 0.15) is 30.9 Å². The summed E-state index contributed by atoms with van der Waals surface area (Å²) in [5.41, 5.74) is 8.78. The van der Waals surface area contributed by atoms with Crippen LogP contribution in [0.2, 0.25) is 0 Å². The molecule has 0 bridgehead atoms. The Bertz CT molecular complexity index is 872. The standard InChI is InChI=1S/C21H27N3O4/c1-26-18-10-15-9-16(22)20(23-17(15)11-19(18)27-2)13-3-6-24(7-4-13)21(25)14-5-8-28-12-14/h9-11,13-14H,3-8,12,22H2,1-2H3. The molecule has 0 spiro atoms. The predicted octanol–water partition coefficient (Wildman–Crippen LogP) is 2.58. The van der Waals surface area contributed by atoms with Gasteiger partial charge in [-0.25, -0.2) is 0 Å². The first kappa shape index (κ1) is 18.8. The lowest BCUT2D eigenvalue weighted by Gasteiger charge is -2.33. The van der Waals surface area contributed by atoms with Crippen molar-refractivity contribution in [2.24, 2.45) is 5.92 Å². The molecule has 28 heavy (non-hydrogen) atoms. The fraction of sp³-hybridized carbons (Fsp3) is 0.524. The maximum atomic E-state index is 12.6. The molecular weight excluding hydrogens is 358 g/mol. The zero-order chi connectivity index (χ0) is 19.7. The largest absolute Gasteiger partial charge is 0.493 e. The fourth-order valence-electron chi connectivity index (χ4n) is 4.22. The van der Waals surface area contributed by atoms with E-state index in [-0.39, 0.29) is 17.7 Å². The van der Waals surface area contributed by atoms with Crippen molar-refractivity contribution in [1.29, 1.82) is 0 Å². The smallest absolute Gasteiger partial charge is 0.228 e. The number of carbonyl (C=O) groups excluding carboxylic acids is 1. The van der Waals surface area contributed by atoms with Crippen LogP contribution >= 0.6 is 0 Å². The van der Waals surface area contributed by atoms with Gasteiger partial charge in [0.2, 0.25) is 5.91 Å². The van der Waals surface area contributed by atoms with E-state index in [1.54, 1.807) is 14.2 Å². The quantitative estimate of drug-likeness (QED) is 0.870. The molecular formula is C21H27N3O4. The first-order valence-corrected chi connectivity index (χ1v) is 9.79. The number of piperidine rings is 1. The van der Waals surface area contributed by atoms with Crippen molar-refractivity contribution in [3.05, 3.63) is 23.9 Å². The molecule has 7 nitrogen and oxygen atoms in total. The van der Waals surface area contributed by atoms with E-state index in [4.69, 9.17) is 24.9 Å². The molecule has 1 atom stereocenters. The summed E-state index contributed by atoms with van der Waals surface area (Å²) < 4.78 is 16.1. The third kappa shape index (κ3) is 3.46. The van der Waals surface area contributed by atoms with E-state index in [9.17, 15) is 4.79 Å². The van der Waals surface area contributed by atoms with Gasteiger partial charge in [0.15, 0.2) is 11.5 Å². The molecule has 3 heterocycles. The molecule has 0 saturated carbocycles. The van der Waals surface area contributed by atoms with Crippen LogP contribution in [0.5, 0.6) is 11.5 Å². The minimum absolute atomic E-state index is 0.0304. The number of benzene rings is 1. The monoisotopic (exact) mass is 385 g/mol. The van der Waals surface area contributed by atoms with E-state index >= 15 is 0 Å². The highest BCUT2D eigenvalue weighted by Gasteiger charge is 2.31. The highest BCUT2D eigenvalue weighted by Crippen LogP contribution is 2.36. The number of ether oxygens (including phenoxy) is 3. The number of rotatable bonds is 4. The number of likely N-dealkylation sites (tertiary alicyclic amines) is 1. The second-order valence-corrected chi connectivity index (χ2v) is 7.52. The number of fused-ring (bicyclic) bond motifs is 1. The number of hydrogen-bond acceptors (Lipinski definition) is 6. The molecule has 2 N–H and O–H groups in total. The number of carbonyl (C=O) groups is 1. The SMILES string of the molecule is COc1cc2cc(N)c(C3CCN(C(=O)C4CCOC4)CC3)nc2cc1OC. The molecule has 4 rings (SSSR count). The second-order valence-electron chi connectivity index (χ2n) is 7.52. The third-order valence-electron chi connectivity index (χ3n) is 5.85. The van der Waals surface area contributed by atoms with Crippen LogP contribution in [0, 0.1) is 5.92 Å². The summed E-state index contributed by atoms with van der Waals surface area (Å²) in [7, 11) is 3.23. The van der Waals surface area contributed by atoms with E-state index in [1.807, 2.05) is 23.1 Å². The molecule has 1 aromatic carbocycles. The lowest BCUT2D eigenvalue weighted by Crippen LogP contribution is -2.41. The minimum Gasteiger partial charge on any atom is -0.493 e. The zero-order valence-corrected chi connectivity index (χ0v) is 16.4. The number of hydrogen-bond donors (Lipinski definition) is 1. The molecule has 1 unspecified atom stereocenters. The Labute approximate surface area is 164 Å². The Morgan fingerprint density at radius 1 is 1.14 bits per heavy atom. The summed E-state index contributed by atoms with van der Waals surface area (Å²) in [5.74, 6) is 1.82. The van der Waals surface area contributed by atoms with Crippen LogP contribution in [0.15, 0.2) is 18.2 Å². The van der Waals surface area contributed by atoms with Crippen molar-refractivity contribution in [2.45, 2.75) is 25.2 Å². The highest BCUT2D eigenvalue weighted by atomic mass is 16.5. The van der Waals surface area contributed by atoms with E-state index in [0.29, 0.717) is 30.4 Å². The van der Waals surface area contributed by atoms with Gasteiger partial charge in [0.1, 0.15) is 0 Å². The van der Waals surface area contributed by atoms with Crippen LogP contribution < -0.4 is 15.2 Å². The summed E-state index contributed by atoms with van der Waals surface area (Å²) in [4.78, 5) is 19.4. The average Bonchev–Trinajstić information content (AvgIpc) is 3.27. The van der Waals surface area contributed by atoms with E-state index < -0.39 is 0 Å². The van der Waals surface area contributed by atoms with Gasteiger partial charge in [-0.2, -0.15) is 0 Å². The number of pyridine rings is 1. The van der Waals surface area contributed by atoms with E-state index in [2.05, 4.69) is 0 Å². The topological polar surface area (TPSA) is 86.9 Å². The van der Waals surface area contributed by atoms with Crippen molar-refractivity contribution in [1.82, 2.24) is 9.88 Å². The lowest BCUT2D eigenvalue weighted by atomic mass is 9.91. The van der Waals surface area contributed by atoms with Gasteiger partial charge in [0.05, 0.1) is 43.6 Å². The fourth-order valence-corrected chi connectivity index (χ4v) is 4.22. The molecule has 2 saturated heterocycles. The van der Waals surface area contributed by atoms with Crippen LogP contribution in [0.25, 0.3) is 10.9 Å². The van der Waals surface area contributed by atoms with Gasteiger partial charge in [-0.05, 0) is 31.4 Å². The van der Waals surface area contributed by atoms with Gasteiger partial charge < -0.3 is 24.8 Å². The van der Waals surface area contributed by atoms with Crippen LogP contribution in [-0.4, -0.2) is 56.3 Å². The van der Waals surface area contributed by atoms with Gasteiger partial charge in [-0.3, -0.25) is 9.78 Å². The van der Waals surface area contributed by atoms with E-state index in [1.165, 1.54) is 0 Å². The number of amides is 1. The van der Waals surface area contributed by atoms with Gasteiger partial charge in [0, 0.05) is 37.1 Å². The molecule has 1 amide bonds. The molecule has 7 heteroatoms. The number of aromatic nitrogens is 1. The predicted molar refractivity (Wildman–Crippen MR) is 107 cm³/mol. The first-order valence-electron chi connectivity index (χ1n) is 9.79. The molecule has 2 aliphatic heterocycles. The summed E-state index contributed by atoms with van der Waals surface area (Å²) >= 11 is 0. The minimum atomic E-state index is 0.0304. The van der Waals surface area contributed by atoms with Gasteiger partial charge in [-0.15, -0.1) is 0 Å². The molecule has 1 aromatic heterocycles. The number of anilines is 1. The highest BCUT2D eigenvalue weighted by molar-refractivity contribution is 5.86. The molecule has 2 fully saturated rings. The lowest BCUT2D eigenvalue weighted by molar-refractivity contribution is -0.136. The number of methoxy groups -OCH3 is 2. The zero-order valence-electron chi connectivity index (χ0n) is 16.4. The molecule has 2 aliphatic rings. The van der Waals surface area contributed by atoms with Crippen molar-refractivity contribution in [3.63, 3.8) is 0 Å². The Kier molecular flexibility index (Phi) is 5.26. The number of nitrogen functional groups attached to an aromatic ring is 1. The van der Waals surface area contributed by atoms with Gasteiger partial charge in [0.25, 0.3) is 0 Å². The molecule has 0 aliphatic carbocycles. The van der Waals surface area contributed by atoms with Crippen LogP contribution in [0.3, 0.4) is 0 Å². The Morgan fingerprint density at radius 2 is 1.86 bits per heavy atom. The maximum absolute atomic E-state index is 12.6. The Hall–Kier alpha value is -2.54. The summed E-state index contributed by atoms with van der Waals surface area (Å²) in [5, 5.41) is 0.924. The average molecular weight is 385 g/mol. The first-order chi connectivity index (χ1) is 13.6. The Morgan fingerprint density at radius 3 is 2.50 bits per heavy atom. The summed E-state index contributed by atoms with van der Waals surface area (Å²) in [6.45, 7) is 2.73. The van der Waals surface area contributed by atoms with Gasteiger partial charge in [-0.1, -0.05) is 0 Å². The third-order valence-corrected chi connectivity index (χ3v) is 5.85. The summed E-state index contributed by atoms with van der Waals surface area (Å²) in [6.07, 6.45) is 2.58. The van der Waals surface area contributed by atoms with E-state index in [0.717, 1.165) is 48.9 Å². The molecule has 0 radical (unpaired) electrons. The van der Waals surface area contributed by atoms with Crippen molar-refractivity contribution >= 4 is 22.5 Å². The summed E-state index contributed by atoms with van der Waals surface area (Å²) in [6, 6.07) is 5.73. The Balaban J connectivity index is 1.53. The number of nitrogens with two attached hydrogens (primary N) is 1. The second kappa shape index (κ2) is 7.83. The van der Waals surface area contributed by atoms with Crippen molar-refractivity contribution < 1.29 is 19.0 Å². The normalized spacial score (nSPS) is 20.5. The van der Waals surface area contributed by atoms with Crippen LogP contribution in [0.4, 0.5) is 5.69 Å². The van der Waals surface area contributed by atoms with Crippen molar-refractivity contribution in [2.75, 3.05) is 46.3 Å².